The first kappa shape index (κ1) is 14.9. The average molecular weight is 312 g/mol. The molecule has 3 rings (SSSR count). The molecule has 5 nitrogen and oxygen atoms in total. The van der Waals surface area contributed by atoms with Crippen molar-refractivity contribution in [2.24, 2.45) is 7.05 Å². The third-order valence-corrected chi connectivity index (χ3v) is 4.98. The number of aryl methyl sites for hydroxylation is 2. The molecule has 0 bridgehead atoms. The molecule has 1 aromatic rings. The minimum atomic E-state index is 0.0695. The number of carbonyl (C=O) groups is 1. The Balaban J connectivity index is 1.77. The zero-order valence-electron chi connectivity index (χ0n) is 12.6. The number of amides is 1. The van der Waals surface area contributed by atoms with Crippen molar-refractivity contribution in [2.45, 2.75) is 51.2 Å². The van der Waals surface area contributed by atoms with Gasteiger partial charge in [0.2, 0.25) is 5.91 Å². The van der Waals surface area contributed by atoms with Crippen molar-refractivity contribution in [1.82, 2.24) is 14.7 Å². The number of aromatic nitrogens is 2. The van der Waals surface area contributed by atoms with Crippen LogP contribution in [0, 0.1) is 6.92 Å². The minimum absolute atomic E-state index is 0.0695. The molecule has 3 heterocycles. The topological polar surface area (TPSA) is 47.4 Å². The van der Waals surface area contributed by atoms with Crippen LogP contribution in [0.1, 0.15) is 49.4 Å². The van der Waals surface area contributed by atoms with Gasteiger partial charge in [-0.25, -0.2) is 0 Å². The summed E-state index contributed by atoms with van der Waals surface area (Å²) in [5, 5.41) is 5.02. The fourth-order valence-corrected chi connectivity index (χ4v) is 3.81. The van der Waals surface area contributed by atoms with E-state index in [2.05, 4.69) is 5.10 Å². The van der Waals surface area contributed by atoms with Crippen molar-refractivity contribution in [3.05, 3.63) is 16.4 Å². The Morgan fingerprint density at radius 1 is 1.43 bits per heavy atom. The number of hydrogen-bond acceptors (Lipinski definition) is 3. The summed E-state index contributed by atoms with van der Waals surface area (Å²) in [6.45, 7) is 3.55. The van der Waals surface area contributed by atoms with E-state index in [9.17, 15) is 4.79 Å². The van der Waals surface area contributed by atoms with E-state index in [0.717, 1.165) is 50.1 Å². The Kier molecular flexibility index (Phi) is 4.22. The molecule has 116 valence electrons. The lowest BCUT2D eigenvalue weighted by molar-refractivity contribution is -0.134. The van der Waals surface area contributed by atoms with Gasteiger partial charge in [-0.15, -0.1) is 0 Å². The van der Waals surface area contributed by atoms with Crippen LogP contribution in [0.4, 0.5) is 0 Å². The van der Waals surface area contributed by atoms with E-state index >= 15 is 0 Å². The molecule has 2 atom stereocenters. The quantitative estimate of drug-likeness (QED) is 0.862. The highest BCUT2D eigenvalue weighted by molar-refractivity contribution is 6.30. The van der Waals surface area contributed by atoms with Crippen molar-refractivity contribution in [3.8, 4) is 0 Å². The van der Waals surface area contributed by atoms with E-state index < -0.39 is 0 Å². The summed E-state index contributed by atoms with van der Waals surface area (Å²) in [7, 11) is 1.84. The highest BCUT2D eigenvalue weighted by Crippen LogP contribution is 2.38. The predicted octanol–water partition coefficient (Wildman–Crippen LogP) is 2.61. The first-order valence-corrected chi connectivity index (χ1v) is 8.05. The molecule has 0 N–H and O–H groups in total. The van der Waals surface area contributed by atoms with E-state index in [1.54, 1.807) is 4.68 Å². The second kappa shape index (κ2) is 5.97. The largest absolute Gasteiger partial charge is 0.378 e. The number of hydrogen-bond donors (Lipinski definition) is 0. The van der Waals surface area contributed by atoms with Gasteiger partial charge < -0.3 is 9.64 Å². The SMILES string of the molecule is Cc1nn(C)c(Cl)c1[C@@H]1CCCN1C(=O)C[C@@H]1CCCO1. The van der Waals surface area contributed by atoms with E-state index in [1.165, 1.54) is 0 Å². The van der Waals surface area contributed by atoms with Gasteiger partial charge in [0.05, 0.1) is 24.3 Å². The summed E-state index contributed by atoms with van der Waals surface area (Å²) in [4.78, 5) is 14.6. The number of halogens is 1. The lowest BCUT2D eigenvalue weighted by atomic mass is 10.0. The second-order valence-corrected chi connectivity index (χ2v) is 6.36. The highest BCUT2D eigenvalue weighted by atomic mass is 35.5. The third kappa shape index (κ3) is 2.81. The van der Waals surface area contributed by atoms with E-state index in [-0.39, 0.29) is 18.1 Å². The number of ether oxygens (including phenoxy) is 1. The average Bonchev–Trinajstić information content (AvgIpc) is 3.13. The first-order valence-electron chi connectivity index (χ1n) is 7.68. The van der Waals surface area contributed by atoms with Gasteiger partial charge in [0.15, 0.2) is 0 Å². The highest BCUT2D eigenvalue weighted by Gasteiger charge is 2.35. The molecule has 6 heteroatoms. The van der Waals surface area contributed by atoms with Crippen LogP contribution in [-0.2, 0) is 16.6 Å². The van der Waals surface area contributed by atoms with E-state index in [4.69, 9.17) is 16.3 Å². The third-order valence-electron chi connectivity index (χ3n) is 4.53. The maximum absolute atomic E-state index is 12.6. The van der Waals surface area contributed by atoms with Gasteiger partial charge in [-0.1, -0.05) is 11.6 Å². The molecule has 2 aliphatic heterocycles. The van der Waals surface area contributed by atoms with Crippen molar-refractivity contribution in [3.63, 3.8) is 0 Å². The molecular formula is C15H22ClN3O2. The Bertz CT molecular complexity index is 537. The van der Waals surface area contributed by atoms with Gasteiger partial charge in [-0.3, -0.25) is 9.48 Å². The zero-order chi connectivity index (χ0) is 15.0. The number of nitrogens with zero attached hydrogens (tertiary/aromatic N) is 3. The predicted molar refractivity (Wildman–Crippen MR) is 80.2 cm³/mol. The maximum Gasteiger partial charge on any atom is 0.225 e. The first-order chi connectivity index (χ1) is 10.1. The van der Waals surface area contributed by atoms with Crippen LogP contribution < -0.4 is 0 Å². The molecule has 2 saturated heterocycles. The fourth-order valence-electron chi connectivity index (χ4n) is 3.51. The fraction of sp³-hybridized carbons (Fsp3) is 0.733. The Hall–Kier alpha value is -1.07. The van der Waals surface area contributed by atoms with E-state index in [1.807, 2.05) is 18.9 Å². The maximum atomic E-state index is 12.6. The molecule has 0 aromatic carbocycles. The summed E-state index contributed by atoms with van der Waals surface area (Å²) in [6.07, 6.45) is 4.64. The molecule has 0 unspecified atom stereocenters. The van der Waals surface area contributed by atoms with Crippen LogP contribution in [0.25, 0.3) is 0 Å². The molecule has 0 radical (unpaired) electrons. The lowest BCUT2D eigenvalue weighted by Gasteiger charge is -2.26. The van der Waals surface area contributed by atoms with Gasteiger partial charge >= 0.3 is 0 Å². The standard InChI is InChI=1S/C15H22ClN3O2/c1-10-14(15(16)18(2)17-10)12-6-3-7-19(12)13(20)9-11-5-4-8-21-11/h11-12H,3-9H2,1-2H3/t11-,12-/m0/s1. The molecular weight excluding hydrogens is 290 g/mol. The summed E-state index contributed by atoms with van der Waals surface area (Å²) in [5.41, 5.74) is 1.93. The van der Waals surface area contributed by atoms with Crippen LogP contribution in [-0.4, -0.2) is 39.8 Å². The van der Waals surface area contributed by atoms with Crippen molar-refractivity contribution in [1.29, 1.82) is 0 Å². The number of carbonyl (C=O) groups excluding carboxylic acids is 1. The van der Waals surface area contributed by atoms with Crippen LogP contribution in [0.3, 0.4) is 0 Å². The van der Waals surface area contributed by atoms with Crippen LogP contribution >= 0.6 is 11.6 Å². The molecule has 0 aliphatic carbocycles. The molecule has 0 saturated carbocycles. The summed E-state index contributed by atoms with van der Waals surface area (Å²) < 4.78 is 7.27. The minimum Gasteiger partial charge on any atom is -0.378 e. The van der Waals surface area contributed by atoms with Crippen molar-refractivity contribution < 1.29 is 9.53 Å². The second-order valence-electron chi connectivity index (χ2n) is 6.00. The van der Waals surface area contributed by atoms with Gasteiger partial charge in [-0.05, 0) is 32.6 Å². The summed E-state index contributed by atoms with van der Waals surface area (Å²) in [5.74, 6) is 0.184. The smallest absolute Gasteiger partial charge is 0.225 e. The molecule has 2 aliphatic rings. The monoisotopic (exact) mass is 311 g/mol. The number of rotatable bonds is 3. The molecule has 2 fully saturated rings. The van der Waals surface area contributed by atoms with Crippen molar-refractivity contribution in [2.75, 3.05) is 13.2 Å². The normalized spacial score (nSPS) is 25.8. The molecule has 1 amide bonds. The lowest BCUT2D eigenvalue weighted by Crippen LogP contribution is -2.33. The van der Waals surface area contributed by atoms with Gasteiger partial charge in [-0.2, -0.15) is 5.10 Å². The Labute approximate surface area is 130 Å². The van der Waals surface area contributed by atoms with Gasteiger partial charge in [0, 0.05) is 25.8 Å². The van der Waals surface area contributed by atoms with Gasteiger partial charge in [0.25, 0.3) is 0 Å². The molecule has 0 spiro atoms. The Morgan fingerprint density at radius 3 is 2.86 bits per heavy atom. The summed E-state index contributed by atoms with van der Waals surface area (Å²) in [6, 6.07) is 0.0695. The number of likely N-dealkylation sites (tertiary alicyclic amines) is 1. The van der Waals surface area contributed by atoms with Crippen LogP contribution in [0.5, 0.6) is 0 Å². The Morgan fingerprint density at radius 2 is 2.24 bits per heavy atom. The van der Waals surface area contributed by atoms with Crippen LogP contribution in [0.15, 0.2) is 0 Å². The zero-order valence-corrected chi connectivity index (χ0v) is 13.4. The van der Waals surface area contributed by atoms with Crippen LogP contribution in [0.2, 0.25) is 5.15 Å². The van der Waals surface area contributed by atoms with Crippen molar-refractivity contribution >= 4 is 17.5 Å². The van der Waals surface area contributed by atoms with Gasteiger partial charge in [0.1, 0.15) is 5.15 Å². The summed E-state index contributed by atoms with van der Waals surface area (Å²) >= 11 is 6.37. The molecule has 21 heavy (non-hydrogen) atoms. The molecule has 1 aromatic heterocycles. The van der Waals surface area contributed by atoms with E-state index in [0.29, 0.717) is 11.6 Å².